The van der Waals surface area contributed by atoms with Crippen LogP contribution in [-0.4, -0.2) is 36.1 Å². The van der Waals surface area contributed by atoms with Crippen LogP contribution < -0.4 is 5.32 Å². The van der Waals surface area contributed by atoms with Gasteiger partial charge in [-0.15, -0.1) is 11.8 Å². The molecule has 0 radical (unpaired) electrons. The Hall–Kier alpha value is -1.01. The molecule has 0 saturated carbocycles. The zero-order chi connectivity index (χ0) is 15.2. The van der Waals surface area contributed by atoms with Crippen molar-refractivity contribution >= 4 is 45.7 Å². The summed E-state index contributed by atoms with van der Waals surface area (Å²) in [5, 5.41) is 2.69. The molecule has 4 nitrogen and oxygen atoms in total. The molecule has 0 spiro atoms. The van der Waals surface area contributed by atoms with Crippen LogP contribution in [0.15, 0.2) is 27.6 Å². The number of amides is 2. The second-order valence-electron chi connectivity index (χ2n) is 5.16. The number of hydrogen-bond acceptors (Lipinski definition) is 3. The van der Waals surface area contributed by atoms with Gasteiger partial charge in [0, 0.05) is 35.1 Å². The van der Waals surface area contributed by atoms with E-state index in [0.717, 1.165) is 46.7 Å². The van der Waals surface area contributed by atoms with Crippen molar-refractivity contribution in [3.8, 4) is 0 Å². The predicted molar refractivity (Wildman–Crippen MR) is 89.5 cm³/mol. The van der Waals surface area contributed by atoms with Crippen LogP contribution in [0.5, 0.6) is 0 Å². The molecule has 0 unspecified atom stereocenters. The minimum Gasteiger partial charge on any atom is -0.343 e. The van der Waals surface area contributed by atoms with E-state index >= 15 is 0 Å². The van der Waals surface area contributed by atoms with Gasteiger partial charge in [0.05, 0.1) is 5.69 Å². The summed E-state index contributed by atoms with van der Waals surface area (Å²) in [6, 6.07) is 5.98. The van der Waals surface area contributed by atoms with Crippen molar-refractivity contribution in [2.24, 2.45) is 5.92 Å². The van der Waals surface area contributed by atoms with Crippen molar-refractivity contribution in [2.45, 2.75) is 24.7 Å². The van der Waals surface area contributed by atoms with Gasteiger partial charge < -0.3 is 10.2 Å². The van der Waals surface area contributed by atoms with Crippen molar-refractivity contribution in [1.29, 1.82) is 0 Å². The lowest BCUT2D eigenvalue weighted by Gasteiger charge is -2.31. The van der Waals surface area contributed by atoms with Crippen LogP contribution in [0.3, 0.4) is 0 Å². The van der Waals surface area contributed by atoms with E-state index in [4.69, 9.17) is 0 Å². The Balaban J connectivity index is 1.85. The van der Waals surface area contributed by atoms with Crippen LogP contribution in [0.4, 0.5) is 5.69 Å². The smallest absolute Gasteiger partial charge is 0.219 e. The molecule has 2 rings (SSSR count). The molecule has 0 bridgehead atoms. The van der Waals surface area contributed by atoms with Crippen molar-refractivity contribution < 1.29 is 9.59 Å². The van der Waals surface area contributed by atoms with Crippen molar-refractivity contribution in [2.75, 3.05) is 24.2 Å². The van der Waals surface area contributed by atoms with Gasteiger partial charge in [-0.2, -0.15) is 0 Å². The van der Waals surface area contributed by atoms with Crippen LogP contribution in [0.25, 0.3) is 0 Å². The Morgan fingerprint density at radius 2 is 2.19 bits per heavy atom. The molecule has 0 aliphatic carbocycles. The lowest BCUT2D eigenvalue weighted by Crippen LogP contribution is -2.37. The first-order valence-corrected chi connectivity index (χ1v) is 8.76. The zero-order valence-corrected chi connectivity index (χ0v) is 14.4. The van der Waals surface area contributed by atoms with Gasteiger partial charge in [-0.1, -0.05) is 0 Å². The third-order valence-electron chi connectivity index (χ3n) is 3.70. The van der Waals surface area contributed by atoms with E-state index in [2.05, 4.69) is 27.3 Å². The lowest BCUT2D eigenvalue weighted by atomic mass is 9.99. The number of hydrogen-bond donors (Lipinski definition) is 1. The molecule has 1 aromatic carbocycles. The summed E-state index contributed by atoms with van der Waals surface area (Å²) < 4.78 is 0.883. The summed E-state index contributed by atoms with van der Waals surface area (Å²) in [5.74, 6) is 1.88. The first-order chi connectivity index (χ1) is 10.1. The molecule has 0 aromatic heterocycles. The van der Waals surface area contributed by atoms with Gasteiger partial charge >= 0.3 is 0 Å². The molecule has 21 heavy (non-hydrogen) atoms. The summed E-state index contributed by atoms with van der Waals surface area (Å²) in [4.78, 5) is 24.9. The van der Waals surface area contributed by atoms with Crippen LogP contribution >= 0.6 is 27.7 Å². The quantitative estimate of drug-likeness (QED) is 0.638. The Kier molecular flexibility index (Phi) is 6.11. The molecule has 1 aliphatic rings. The highest BCUT2D eigenvalue weighted by Crippen LogP contribution is 2.31. The Morgan fingerprint density at radius 1 is 1.48 bits per heavy atom. The number of likely N-dealkylation sites (tertiary alicyclic amines) is 1. The fourth-order valence-corrected chi connectivity index (χ4v) is 3.88. The monoisotopic (exact) mass is 370 g/mol. The SMILES string of the molecule is CC(=O)N1CCC(CSc2ccc(Br)c(NC=O)c2)CC1. The van der Waals surface area contributed by atoms with Gasteiger partial charge in [0.25, 0.3) is 0 Å². The summed E-state index contributed by atoms with van der Waals surface area (Å²) in [6.45, 7) is 3.39. The van der Waals surface area contributed by atoms with Gasteiger partial charge in [-0.3, -0.25) is 9.59 Å². The standard InChI is InChI=1S/C15H19BrN2O2S/c1-11(20)18-6-4-12(5-7-18)9-21-13-2-3-14(16)15(8-13)17-10-19/h2-3,8,10,12H,4-7,9H2,1H3,(H,17,19). The van der Waals surface area contributed by atoms with E-state index in [9.17, 15) is 9.59 Å². The molecule has 1 heterocycles. The van der Waals surface area contributed by atoms with Crippen LogP contribution in [-0.2, 0) is 9.59 Å². The Bertz CT molecular complexity index is 516. The number of nitrogens with one attached hydrogen (secondary N) is 1. The van der Waals surface area contributed by atoms with Gasteiger partial charge in [0.1, 0.15) is 0 Å². The number of anilines is 1. The Labute approximate surface area is 137 Å². The third-order valence-corrected chi connectivity index (χ3v) is 5.61. The number of benzene rings is 1. The number of carbonyl (C=O) groups is 2. The number of thioether (sulfide) groups is 1. The van der Waals surface area contributed by atoms with E-state index in [0.29, 0.717) is 12.3 Å². The molecule has 6 heteroatoms. The molecule has 2 amide bonds. The lowest BCUT2D eigenvalue weighted by molar-refractivity contribution is -0.130. The number of piperidine rings is 1. The fraction of sp³-hybridized carbons (Fsp3) is 0.467. The zero-order valence-electron chi connectivity index (χ0n) is 12.0. The highest BCUT2D eigenvalue weighted by atomic mass is 79.9. The van der Waals surface area contributed by atoms with Crippen LogP contribution in [0, 0.1) is 5.92 Å². The topological polar surface area (TPSA) is 49.4 Å². The molecule has 1 saturated heterocycles. The maximum Gasteiger partial charge on any atom is 0.219 e. The number of carbonyl (C=O) groups excluding carboxylic acids is 2. The average molecular weight is 371 g/mol. The van der Waals surface area contributed by atoms with Crippen molar-refractivity contribution in [3.05, 3.63) is 22.7 Å². The summed E-state index contributed by atoms with van der Waals surface area (Å²) in [5.41, 5.74) is 0.793. The predicted octanol–water partition coefficient (Wildman–Crippen LogP) is 3.37. The minimum absolute atomic E-state index is 0.179. The molecule has 1 aliphatic heterocycles. The summed E-state index contributed by atoms with van der Waals surface area (Å²) in [6.07, 6.45) is 2.83. The molecule has 1 fully saturated rings. The number of halogens is 1. The molecular formula is C15H19BrN2O2S. The van der Waals surface area contributed by atoms with E-state index in [1.807, 2.05) is 17.0 Å². The first-order valence-electron chi connectivity index (χ1n) is 6.98. The number of rotatable bonds is 5. The minimum atomic E-state index is 0.179. The highest BCUT2D eigenvalue weighted by Gasteiger charge is 2.20. The molecule has 1 N–H and O–H groups in total. The van der Waals surface area contributed by atoms with Crippen LogP contribution in [0.1, 0.15) is 19.8 Å². The van der Waals surface area contributed by atoms with E-state index in [1.54, 1.807) is 18.7 Å². The average Bonchev–Trinajstić information content (AvgIpc) is 2.48. The van der Waals surface area contributed by atoms with Gasteiger partial charge in [-0.25, -0.2) is 0 Å². The molecular weight excluding hydrogens is 352 g/mol. The van der Waals surface area contributed by atoms with Crippen molar-refractivity contribution in [1.82, 2.24) is 4.90 Å². The first kappa shape index (κ1) is 16.4. The van der Waals surface area contributed by atoms with Gasteiger partial charge in [-0.05, 0) is 52.9 Å². The normalized spacial score (nSPS) is 15.8. The number of nitrogens with zero attached hydrogens (tertiary/aromatic N) is 1. The van der Waals surface area contributed by atoms with E-state index < -0.39 is 0 Å². The van der Waals surface area contributed by atoms with E-state index in [-0.39, 0.29) is 5.91 Å². The van der Waals surface area contributed by atoms with Gasteiger partial charge in [0.15, 0.2) is 0 Å². The Morgan fingerprint density at radius 3 is 2.81 bits per heavy atom. The molecule has 1 aromatic rings. The second-order valence-corrected chi connectivity index (χ2v) is 7.11. The maximum atomic E-state index is 11.3. The summed E-state index contributed by atoms with van der Waals surface area (Å²) >= 11 is 5.22. The fourth-order valence-electron chi connectivity index (χ4n) is 2.40. The van der Waals surface area contributed by atoms with E-state index in [1.165, 1.54) is 0 Å². The second kappa shape index (κ2) is 7.84. The highest BCUT2D eigenvalue weighted by molar-refractivity contribution is 9.10. The third kappa shape index (κ3) is 4.74. The molecule has 0 atom stereocenters. The van der Waals surface area contributed by atoms with Gasteiger partial charge in [0.2, 0.25) is 12.3 Å². The largest absolute Gasteiger partial charge is 0.343 e. The summed E-state index contributed by atoms with van der Waals surface area (Å²) in [7, 11) is 0. The maximum absolute atomic E-state index is 11.3. The van der Waals surface area contributed by atoms with Crippen LogP contribution in [0.2, 0.25) is 0 Å². The van der Waals surface area contributed by atoms with Crippen molar-refractivity contribution in [3.63, 3.8) is 0 Å². The molecule has 114 valence electrons.